The smallest absolute Gasteiger partial charge is 1.00 e. The molecule has 0 aliphatic heterocycles. The van der Waals surface area contributed by atoms with Gasteiger partial charge in [0, 0.05) is 0 Å². The Morgan fingerprint density at radius 2 is 1.60 bits per heavy atom. The first-order valence-electron chi connectivity index (χ1n) is 0.816. The van der Waals surface area contributed by atoms with Crippen molar-refractivity contribution in [3.63, 3.8) is 0 Å². The van der Waals surface area contributed by atoms with E-state index in [2.05, 4.69) is 13.5 Å². The van der Waals surface area contributed by atoms with E-state index in [1.165, 1.54) is 6.08 Å². The maximum atomic E-state index is 3.25. The maximum Gasteiger partial charge on any atom is 2.00 e. The quantitative estimate of drug-likeness (QED) is 0.255. The fourth-order valence-electron chi connectivity index (χ4n) is 0. The first-order valence-corrected chi connectivity index (χ1v) is 0.816. The number of hydrogen-bond acceptors (Lipinski definition) is 0. The van der Waals surface area contributed by atoms with Gasteiger partial charge in [0.1, 0.15) is 0 Å². The molecule has 0 radical (unpaired) electrons. The Morgan fingerprint density at radius 1 is 1.60 bits per heavy atom. The van der Waals surface area contributed by atoms with Crippen LogP contribution in [0.25, 0.3) is 0 Å². The Morgan fingerprint density at radius 3 is 1.60 bits per heavy atom. The van der Waals surface area contributed by atoms with Crippen molar-refractivity contribution >= 4 is 0 Å². The minimum atomic E-state index is 0. The molecule has 0 nitrogen and oxygen atoms in total. The van der Waals surface area contributed by atoms with E-state index in [1.807, 2.05) is 0 Å². The monoisotopic (exact) mass is 226 g/mol. The van der Waals surface area contributed by atoms with E-state index in [9.17, 15) is 0 Å². The Bertz CT molecular complexity index is 14.4. The standard InChI is InChI=1S/C3H5.HI.Ni/c1-3-2;;/h3H,1-2H2;1H;/q-1;;+2/p-1. The average molecular weight is 227 g/mol. The van der Waals surface area contributed by atoms with Crippen LogP contribution in [-0.4, -0.2) is 0 Å². The van der Waals surface area contributed by atoms with E-state index >= 15 is 0 Å². The van der Waals surface area contributed by atoms with Crippen LogP contribution in [0.1, 0.15) is 0 Å². The van der Waals surface area contributed by atoms with Crippen LogP contribution in [0.4, 0.5) is 0 Å². The van der Waals surface area contributed by atoms with Crippen LogP contribution in [0, 0.1) is 6.92 Å². The van der Waals surface area contributed by atoms with Gasteiger partial charge in [0.15, 0.2) is 0 Å². The summed E-state index contributed by atoms with van der Waals surface area (Å²) in [5.74, 6) is 0. The average Bonchev–Trinajstić information content (AvgIpc) is 0.918. The second-order valence-electron chi connectivity index (χ2n) is 0.289. The molecule has 0 N–H and O–H groups in total. The van der Waals surface area contributed by atoms with E-state index < -0.39 is 0 Å². The molecule has 0 bridgehead atoms. The van der Waals surface area contributed by atoms with E-state index in [-0.39, 0.29) is 40.5 Å². The second-order valence-corrected chi connectivity index (χ2v) is 0.289. The summed E-state index contributed by atoms with van der Waals surface area (Å²) in [5, 5.41) is 0. The van der Waals surface area contributed by atoms with Crippen molar-refractivity contribution in [3.8, 4) is 0 Å². The molecule has 34 valence electrons. The van der Waals surface area contributed by atoms with Gasteiger partial charge in [0.25, 0.3) is 0 Å². The zero-order chi connectivity index (χ0) is 2.71. The molecule has 0 aliphatic carbocycles. The normalized spacial score (nSPS) is 2.40. The summed E-state index contributed by atoms with van der Waals surface area (Å²) >= 11 is 0. The van der Waals surface area contributed by atoms with Crippen LogP contribution in [0.5, 0.6) is 0 Å². The Labute approximate surface area is 60.0 Å². The van der Waals surface area contributed by atoms with Crippen LogP contribution in [0.15, 0.2) is 12.7 Å². The van der Waals surface area contributed by atoms with Crippen molar-refractivity contribution in [2.24, 2.45) is 0 Å². The largest absolute Gasteiger partial charge is 2.00 e. The van der Waals surface area contributed by atoms with E-state index in [0.29, 0.717) is 0 Å². The van der Waals surface area contributed by atoms with Crippen molar-refractivity contribution < 1.29 is 40.5 Å². The van der Waals surface area contributed by atoms with Gasteiger partial charge in [-0.1, -0.05) is 0 Å². The van der Waals surface area contributed by atoms with Crippen molar-refractivity contribution in [2.75, 3.05) is 0 Å². The summed E-state index contributed by atoms with van der Waals surface area (Å²) in [6.07, 6.45) is 1.50. The Balaban J connectivity index is -0.0000000200. The summed E-state index contributed by atoms with van der Waals surface area (Å²) in [6.45, 7) is 6.50. The molecule has 0 saturated heterocycles. The van der Waals surface area contributed by atoms with Gasteiger partial charge in [-0.3, -0.25) is 0 Å². The molecule has 5 heavy (non-hydrogen) atoms. The summed E-state index contributed by atoms with van der Waals surface area (Å²) in [4.78, 5) is 0. The van der Waals surface area contributed by atoms with E-state index in [4.69, 9.17) is 0 Å². The predicted molar refractivity (Wildman–Crippen MR) is 15.6 cm³/mol. The van der Waals surface area contributed by atoms with Gasteiger partial charge >= 0.3 is 16.5 Å². The first-order chi connectivity index (χ1) is 1.41. The predicted octanol–water partition coefficient (Wildman–Crippen LogP) is -1.99. The third kappa shape index (κ3) is 55.9. The molecule has 0 saturated carbocycles. The van der Waals surface area contributed by atoms with Crippen molar-refractivity contribution in [3.05, 3.63) is 19.6 Å². The molecule has 0 aliphatic rings. The number of halogens is 1. The van der Waals surface area contributed by atoms with Gasteiger partial charge in [-0.15, -0.1) is 0 Å². The van der Waals surface area contributed by atoms with Gasteiger partial charge in [-0.2, -0.15) is 0 Å². The summed E-state index contributed by atoms with van der Waals surface area (Å²) in [6, 6.07) is 0. The second kappa shape index (κ2) is 21.1. The van der Waals surface area contributed by atoms with Crippen molar-refractivity contribution in [2.45, 2.75) is 0 Å². The van der Waals surface area contributed by atoms with E-state index in [0.717, 1.165) is 0 Å². The zero-order valence-corrected chi connectivity index (χ0v) is 5.83. The fourth-order valence-corrected chi connectivity index (χ4v) is 0. The zero-order valence-electron chi connectivity index (χ0n) is 2.69. The van der Waals surface area contributed by atoms with Crippen LogP contribution in [-0.2, 0) is 16.5 Å². The van der Waals surface area contributed by atoms with E-state index in [1.54, 1.807) is 0 Å². The number of rotatable bonds is 0. The number of allylic oxidation sites excluding steroid dienone is 1. The summed E-state index contributed by atoms with van der Waals surface area (Å²) in [7, 11) is 0. The van der Waals surface area contributed by atoms with Crippen LogP contribution >= 0.6 is 0 Å². The molecule has 0 amide bonds. The molecular weight excluding hydrogens is 222 g/mol. The molecule has 0 aromatic carbocycles. The van der Waals surface area contributed by atoms with Gasteiger partial charge in [0.2, 0.25) is 0 Å². The van der Waals surface area contributed by atoms with Gasteiger partial charge in [-0.25, -0.2) is 19.6 Å². The third-order valence-corrected chi connectivity index (χ3v) is 0. The molecule has 0 aromatic heterocycles. The SMILES string of the molecule is C=C[CH2-].[I-].[Ni+2]. The molecule has 0 atom stereocenters. The minimum absolute atomic E-state index is 0. The number of hydrogen-bond donors (Lipinski definition) is 0. The van der Waals surface area contributed by atoms with Gasteiger partial charge in [0.05, 0.1) is 0 Å². The maximum absolute atomic E-state index is 3.25. The third-order valence-electron chi connectivity index (χ3n) is 0. The molecule has 0 heterocycles. The van der Waals surface area contributed by atoms with Crippen LogP contribution in [0.3, 0.4) is 0 Å². The Kier molecular flexibility index (Phi) is 71.7. The molecular formula is C3H5INi. The van der Waals surface area contributed by atoms with Gasteiger partial charge in [-0.05, 0) is 0 Å². The van der Waals surface area contributed by atoms with Crippen molar-refractivity contribution in [1.29, 1.82) is 0 Å². The fraction of sp³-hybridized carbons (Fsp3) is 0. The Hall–Kier alpha value is 0.834. The van der Waals surface area contributed by atoms with Crippen LogP contribution in [0.2, 0.25) is 0 Å². The van der Waals surface area contributed by atoms with Crippen molar-refractivity contribution in [1.82, 2.24) is 0 Å². The molecule has 0 unspecified atom stereocenters. The first kappa shape index (κ1) is 17.0. The minimum Gasteiger partial charge on any atom is -1.00 e. The van der Waals surface area contributed by atoms with Crippen LogP contribution < -0.4 is 24.0 Å². The molecule has 0 rings (SSSR count). The molecule has 0 spiro atoms. The summed E-state index contributed by atoms with van der Waals surface area (Å²) in [5.41, 5.74) is 0. The molecule has 0 aromatic rings. The molecule has 2 heteroatoms. The molecule has 0 fully saturated rings. The van der Waals surface area contributed by atoms with Gasteiger partial charge < -0.3 is 24.0 Å². The topological polar surface area (TPSA) is 0 Å². The summed E-state index contributed by atoms with van der Waals surface area (Å²) < 4.78 is 0.